The van der Waals surface area contributed by atoms with Gasteiger partial charge in [-0.15, -0.1) is 0 Å². The molecule has 0 heterocycles. The maximum absolute atomic E-state index is 11.8. The average molecular weight is 314 g/mol. The minimum Gasteiger partial charge on any atom is -0.398 e. The van der Waals surface area contributed by atoms with Crippen molar-refractivity contribution < 1.29 is 17.9 Å². The van der Waals surface area contributed by atoms with Crippen LogP contribution in [0.4, 0.5) is 11.4 Å². The third kappa shape index (κ3) is 6.14. The number of rotatable bonds is 8. The standard InChI is InChI=1S/C14H22N2O4S/c1-11-12(15)5-3-6-13(11)16-14(17)7-4-9-21(18,19)10-8-20-2/h3,5-6H,4,7-10,15H2,1-2H3,(H,16,17). The molecule has 0 saturated carbocycles. The van der Waals surface area contributed by atoms with Crippen LogP contribution in [-0.2, 0) is 19.4 Å². The first-order valence-electron chi connectivity index (χ1n) is 6.70. The van der Waals surface area contributed by atoms with Crippen molar-refractivity contribution in [2.45, 2.75) is 19.8 Å². The first-order chi connectivity index (χ1) is 9.85. The number of hydrogen-bond donors (Lipinski definition) is 2. The van der Waals surface area contributed by atoms with Crippen molar-refractivity contribution in [2.75, 3.05) is 36.3 Å². The lowest BCUT2D eigenvalue weighted by molar-refractivity contribution is -0.116. The number of ether oxygens (including phenoxy) is 1. The zero-order valence-electron chi connectivity index (χ0n) is 12.4. The molecule has 0 aliphatic heterocycles. The molecule has 0 aromatic heterocycles. The molecule has 0 saturated heterocycles. The Balaban J connectivity index is 2.43. The largest absolute Gasteiger partial charge is 0.398 e. The highest BCUT2D eigenvalue weighted by atomic mass is 32.2. The van der Waals surface area contributed by atoms with E-state index in [1.165, 1.54) is 7.11 Å². The molecular weight excluding hydrogens is 292 g/mol. The normalized spacial score (nSPS) is 11.3. The fourth-order valence-corrected chi connectivity index (χ4v) is 2.98. The monoisotopic (exact) mass is 314 g/mol. The minimum atomic E-state index is -3.15. The highest BCUT2D eigenvalue weighted by Crippen LogP contribution is 2.20. The fraction of sp³-hybridized carbons (Fsp3) is 0.500. The molecule has 0 aliphatic carbocycles. The van der Waals surface area contributed by atoms with Crippen LogP contribution in [0, 0.1) is 6.92 Å². The van der Waals surface area contributed by atoms with E-state index >= 15 is 0 Å². The molecule has 0 aliphatic rings. The maximum Gasteiger partial charge on any atom is 0.224 e. The molecule has 0 bridgehead atoms. The van der Waals surface area contributed by atoms with Gasteiger partial charge in [0, 0.05) is 24.9 Å². The van der Waals surface area contributed by atoms with Crippen LogP contribution in [0.5, 0.6) is 0 Å². The lowest BCUT2D eigenvalue weighted by atomic mass is 10.1. The number of anilines is 2. The summed E-state index contributed by atoms with van der Waals surface area (Å²) in [5.41, 5.74) is 7.82. The summed E-state index contributed by atoms with van der Waals surface area (Å²) < 4.78 is 27.9. The van der Waals surface area contributed by atoms with Gasteiger partial charge in [0.05, 0.1) is 18.1 Å². The quantitative estimate of drug-likeness (QED) is 0.706. The predicted octanol–water partition coefficient (Wildman–Crippen LogP) is 1.36. The zero-order valence-corrected chi connectivity index (χ0v) is 13.2. The molecule has 21 heavy (non-hydrogen) atoms. The average Bonchev–Trinajstić information content (AvgIpc) is 2.41. The van der Waals surface area contributed by atoms with Gasteiger partial charge in [-0.2, -0.15) is 0 Å². The number of methoxy groups -OCH3 is 1. The Hall–Kier alpha value is -1.60. The van der Waals surface area contributed by atoms with Gasteiger partial charge >= 0.3 is 0 Å². The highest BCUT2D eigenvalue weighted by Gasteiger charge is 2.12. The summed E-state index contributed by atoms with van der Waals surface area (Å²) in [6.45, 7) is 2.00. The summed E-state index contributed by atoms with van der Waals surface area (Å²) >= 11 is 0. The molecule has 0 radical (unpaired) electrons. The molecule has 3 N–H and O–H groups in total. The van der Waals surface area contributed by atoms with Gasteiger partial charge in [0.25, 0.3) is 0 Å². The lowest BCUT2D eigenvalue weighted by Gasteiger charge is -2.10. The number of benzene rings is 1. The summed E-state index contributed by atoms with van der Waals surface area (Å²) in [6, 6.07) is 5.28. The number of nitrogens with two attached hydrogens (primary N) is 1. The van der Waals surface area contributed by atoms with E-state index in [1.807, 2.05) is 6.92 Å². The van der Waals surface area contributed by atoms with Crippen LogP contribution in [0.2, 0.25) is 0 Å². The van der Waals surface area contributed by atoms with Gasteiger partial charge < -0.3 is 15.8 Å². The van der Waals surface area contributed by atoms with E-state index < -0.39 is 9.84 Å². The van der Waals surface area contributed by atoms with Gasteiger partial charge in [0.1, 0.15) is 0 Å². The Morgan fingerprint density at radius 2 is 2.05 bits per heavy atom. The SMILES string of the molecule is COCCS(=O)(=O)CCCC(=O)Nc1cccc(N)c1C. The van der Waals surface area contributed by atoms with Crippen molar-refractivity contribution in [1.82, 2.24) is 0 Å². The van der Waals surface area contributed by atoms with Crippen molar-refractivity contribution in [1.29, 1.82) is 0 Å². The van der Waals surface area contributed by atoms with Gasteiger partial charge in [-0.3, -0.25) is 4.79 Å². The van der Waals surface area contributed by atoms with Crippen LogP contribution >= 0.6 is 0 Å². The molecule has 0 unspecified atom stereocenters. The molecule has 7 heteroatoms. The van der Waals surface area contributed by atoms with Crippen LogP contribution in [-0.4, -0.2) is 39.5 Å². The van der Waals surface area contributed by atoms with Gasteiger partial charge in [-0.1, -0.05) is 6.07 Å². The topological polar surface area (TPSA) is 98.5 Å². The predicted molar refractivity (Wildman–Crippen MR) is 84.0 cm³/mol. The Labute approximate surface area is 125 Å². The zero-order chi connectivity index (χ0) is 15.9. The molecule has 1 aromatic rings. The van der Waals surface area contributed by atoms with Gasteiger partial charge in [0.2, 0.25) is 5.91 Å². The molecule has 118 valence electrons. The maximum atomic E-state index is 11.8. The van der Waals surface area contributed by atoms with Crippen molar-refractivity contribution in [3.63, 3.8) is 0 Å². The Morgan fingerprint density at radius 1 is 1.33 bits per heavy atom. The van der Waals surface area contributed by atoms with E-state index in [0.29, 0.717) is 17.8 Å². The number of amides is 1. The summed E-state index contributed by atoms with van der Waals surface area (Å²) in [7, 11) is -1.70. The molecule has 0 spiro atoms. The second-order valence-corrected chi connectivity index (χ2v) is 7.12. The molecule has 0 atom stereocenters. The number of carbonyl (C=O) groups excluding carboxylic acids is 1. The van der Waals surface area contributed by atoms with Crippen molar-refractivity contribution >= 4 is 27.1 Å². The molecular formula is C14H22N2O4S. The Bertz CT molecular complexity index is 585. The molecule has 0 fully saturated rings. The molecule has 1 rings (SSSR count). The number of nitrogen functional groups attached to an aromatic ring is 1. The van der Waals surface area contributed by atoms with Crippen molar-refractivity contribution in [3.8, 4) is 0 Å². The van der Waals surface area contributed by atoms with Gasteiger partial charge in [-0.05, 0) is 31.0 Å². The van der Waals surface area contributed by atoms with E-state index in [0.717, 1.165) is 5.56 Å². The van der Waals surface area contributed by atoms with Crippen molar-refractivity contribution in [2.24, 2.45) is 0 Å². The van der Waals surface area contributed by atoms with Crippen LogP contribution in [0.3, 0.4) is 0 Å². The van der Waals surface area contributed by atoms with Crippen LogP contribution < -0.4 is 11.1 Å². The summed E-state index contributed by atoms with van der Waals surface area (Å²) in [5.74, 6) is -0.246. The van der Waals surface area contributed by atoms with Crippen LogP contribution in [0.25, 0.3) is 0 Å². The summed E-state index contributed by atoms with van der Waals surface area (Å²) in [6.07, 6.45) is 0.444. The summed E-state index contributed by atoms with van der Waals surface area (Å²) in [4.78, 5) is 11.8. The number of sulfone groups is 1. The Kier molecular flexibility index (Phi) is 6.64. The second-order valence-electron chi connectivity index (χ2n) is 4.82. The van der Waals surface area contributed by atoms with Gasteiger partial charge in [0.15, 0.2) is 9.84 Å². The molecule has 1 amide bonds. The minimum absolute atomic E-state index is 0.0142. The second kappa shape index (κ2) is 7.99. The smallest absolute Gasteiger partial charge is 0.224 e. The number of carbonyl (C=O) groups is 1. The third-order valence-electron chi connectivity index (χ3n) is 3.11. The Morgan fingerprint density at radius 3 is 2.71 bits per heavy atom. The third-order valence-corrected chi connectivity index (χ3v) is 4.81. The summed E-state index contributed by atoms with van der Waals surface area (Å²) in [5, 5.41) is 2.74. The van der Waals surface area contributed by atoms with Crippen LogP contribution in [0.1, 0.15) is 18.4 Å². The number of hydrogen-bond acceptors (Lipinski definition) is 5. The van der Waals surface area contributed by atoms with Gasteiger partial charge in [-0.25, -0.2) is 8.42 Å². The first-order valence-corrected chi connectivity index (χ1v) is 8.52. The van der Waals surface area contributed by atoms with Crippen molar-refractivity contribution in [3.05, 3.63) is 23.8 Å². The van der Waals surface area contributed by atoms with E-state index in [9.17, 15) is 13.2 Å². The van der Waals surface area contributed by atoms with E-state index in [1.54, 1.807) is 18.2 Å². The van der Waals surface area contributed by atoms with E-state index in [4.69, 9.17) is 10.5 Å². The lowest BCUT2D eigenvalue weighted by Crippen LogP contribution is -2.18. The molecule has 1 aromatic carbocycles. The van der Waals surface area contributed by atoms with E-state index in [-0.39, 0.29) is 30.4 Å². The highest BCUT2D eigenvalue weighted by molar-refractivity contribution is 7.91. The van der Waals surface area contributed by atoms with Crippen LogP contribution in [0.15, 0.2) is 18.2 Å². The number of nitrogens with one attached hydrogen (secondary N) is 1. The van der Waals surface area contributed by atoms with E-state index in [2.05, 4.69) is 5.32 Å². The fourth-order valence-electron chi connectivity index (χ4n) is 1.77. The first kappa shape index (κ1) is 17.5. The molecule has 6 nitrogen and oxygen atoms in total.